The summed E-state index contributed by atoms with van der Waals surface area (Å²) in [4.78, 5) is 29.7. The van der Waals surface area contributed by atoms with Crippen molar-refractivity contribution in [3.63, 3.8) is 0 Å². The van der Waals surface area contributed by atoms with E-state index in [4.69, 9.17) is 4.74 Å². The molecule has 1 N–H and O–H groups in total. The molecule has 7 heteroatoms. The number of hydrogen-bond donors (Lipinski definition) is 1. The Labute approximate surface area is 152 Å². The van der Waals surface area contributed by atoms with Crippen molar-refractivity contribution in [3.8, 4) is 5.75 Å². The van der Waals surface area contributed by atoms with Gasteiger partial charge >= 0.3 is 5.97 Å². The molecule has 1 aromatic carbocycles. The number of imidazole rings is 1. The van der Waals surface area contributed by atoms with E-state index in [9.17, 15) is 14.7 Å². The van der Waals surface area contributed by atoms with Crippen molar-refractivity contribution in [2.45, 2.75) is 26.3 Å². The topological polar surface area (TPSA) is 84.7 Å². The summed E-state index contributed by atoms with van der Waals surface area (Å²) in [5, 5.41) is 9.19. The second-order valence-corrected chi connectivity index (χ2v) is 6.63. The molecule has 0 radical (unpaired) electrons. The SMILES string of the molecule is COc1ccc(C(=O)O)cc1CC1CCN(C(=O)Cn2ccnc2C)C1. The highest BCUT2D eigenvalue weighted by Crippen LogP contribution is 2.27. The highest BCUT2D eigenvalue weighted by molar-refractivity contribution is 5.88. The van der Waals surface area contributed by atoms with Crippen molar-refractivity contribution in [1.29, 1.82) is 0 Å². The quantitative estimate of drug-likeness (QED) is 0.855. The van der Waals surface area contributed by atoms with Crippen molar-refractivity contribution < 1.29 is 19.4 Å². The van der Waals surface area contributed by atoms with Crippen LogP contribution in [0, 0.1) is 12.8 Å². The third-order valence-corrected chi connectivity index (χ3v) is 4.90. The van der Waals surface area contributed by atoms with Crippen LogP contribution < -0.4 is 4.74 Å². The maximum atomic E-state index is 12.5. The molecule has 138 valence electrons. The number of amides is 1. The van der Waals surface area contributed by atoms with E-state index in [0.29, 0.717) is 31.2 Å². The molecule has 0 bridgehead atoms. The van der Waals surface area contributed by atoms with Gasteiger partial charge in [0.15, 0.2) is 0 Å². The number of carboxylic acids is 1. The van der Waals surface area contributed by atoms with E-state index in [1.165, 1.54) is 0 Å². The lowest BCUT2D eigenvalue weighted by Gasteiger charge is -2.18. The van der Waals surface area contributed by atoms with Crippen LogP contribution in [0.3, 0.4) is 0 Å². The van der Waals surface area contributed by atoms with Crippen LogP contribution in [0.25, 0.3) is 0 Å². The summed E-state index contributed by atoms with van der Waals surface area (Å²) < 4.78 is 7.21. The van der Waals surface area contributed by atoms with Gasteiger partial charge in [-0.2, -0.15) is 0 Å². The largest absolute Gasteiger partial charge is 0.496 e. The van der Waals surface area contributed by atoms with Crippen LogP contribution in [-0.2, 0) is 17.8 Å². The van der Waals surface area contributed by atoms with Crippen LogP contribution in [0.4, 0.5) is 0 Å². The van der Waals surface area contributed by atoms with Gasteiger partial charge < -0.3 is 19.3 Å². The number of rotatable bonds is 6. The fourth-order valence-corrected chi connectivity index (χ4v) is 3.42. The molecule has 1 aliphatic heterocycles. The first kappa shape index (κ1) is 18.0. The number of aromatic nitrogens is 2. The first-order valence-electron chi connectivity index (χ1n) is 8.63. The number of aryl methyl sites for hydroxylation is 1. The zero-order chi connectivity index (χ0) is 18.7. The summed E-state index contributed by atoms with van der Waals surface area (Å²) in [5.74, 6) is 0.937. The Bertz CT molecular complexity index is 815. The fraction of sp³-hybridized carbons (Fsp3) is 0.421. The normalized spacial score (nSPS) is 16.7. The molecule has 0 saturated carbocycles. The number of carbonyl (C=O) groups excluding carboxylic acids is 1. The van der Waals surface area contributed by atoms with E-state index in [1.54, 1.807) is 31.5 Å². The predicted octanol–water partition coefficient (Wildman–Crippen LogP) is 1.99. The number of aromatic carboxylic acids is 1. The van der Waals surface area contributed by atoms with Gasteiger partial charge in [-0.15, -0.1) is 0 Å². The van der Waals surface area contributed by atoms with Gasteiger partial charge in [-0.1, -0.05) is 0 Å². The van der Waals surface area contributed by atoms with Gasteiger partial charge in [-0.25, -0.2) is 9.78 Å². The molecule has 1 atom stereocenters. The molecule has 1 fully saturated rings. The summed E-state index contributed by atoms with van der Waals surface area (Å²) in [5.41, 5.74) is 1.12. The summed E-state index contributed by atoms with van der Waals surface area (Å²) >= 11 is 0. The van der Waals surface area contributed by atoms with Crippen molar-refractivity contribution in [1.82, 2.24) is 14.5 Å². The molecule has 1 aliphatic rings. The Morgan fingerprint density at radius 3 is 2.85 bits per heavy atom. The first-order chi connectivity index (χ1) is 12.5. The summed E-state index contributed by atoms with van der Waals surface area (Å²) in [6, 6.07) is 4.90. The number of hydrogen-bond acceptors (Lipinski definition) is 4. The van der Waals surface area contributed by atoms with Crippen LogP contribution in [0.5, 0.6) is 5.75 Å². The zero-order valence-electron chi connectivity index (χ0n) is 15.0. The third kappa shape index (κ3) is 3.87. The molecule has 1 amide bonds. The van der Waals surface area contributed by atoms with Crippen molar-refractivity contribution in [2.75, 3.05) is 20.2 Å². The third-order valence-electron chi connectivity index (χ3n) is 4.90. The monoisotopic (exact) mass is 357 g/mol. The molecule has 1 aromatic heterocycles. The van der Waals surface area contributed by atoms with Gasteiger partial charge in [-0.05, 0) is 49.4 Å². The molecule has 7 nitrogen and oxygen atoms in total. The molecular formula is C19H23N3O4. The first-order valence-corrected chi connectivity index (χ1v) is 8.63. The Balaban J connectivity index is 1.64. The average molecular weight is 357 g/mol. The van der Waals surface area contributed by atoms with E-state index in [2.05, 4.69) is 4.98 Å². The van der Waals surface area contributed by atoms with E-state index < -0.39 is 5.97 Å². The van der Waals surface area contributed by atoms with Gasteiger partial charge in [-0.3, -0.25) is 4.79 Å². The second-order valence-electron chi connectivity index (χ2n) is 6.63. The molecule has 2 heterocycles. The van der Waals surface area contributed by atoms with E-state index >= 15 is 0 Å². The average Bonchev–Trinajstić information content (AvgIpc) is 3.24. The van der Waals surface area contributed by atoms with Gasteiger partial charge in [0.1, 0.15) is 18.1 Å². The minimum atomic E-state index is -0.951. The number of likely N-dealkylation sites (tertiary alicyclic amines) is 1. The molecule has 2 aromatic rings. The fourth-order valence-electron chi connectivity index (χ4n) is 3.42. The maximum Gasteiger partial charge on any atom is 0.335 e. The highest BCUT2D eigenvalue weighted by Gasteiger charge is 2.27. The molecule has 1 saturated heterocycles. The van der Waals surface area contributed by atoms with Gasteiger partial charge in [0.05, 0.1) is 12.7 Å². The van der Waals surface area contributed by atoms with E-state index in [1.807, 2.05) is 22.6 Å². The van der Waals surface area contributed by atoms with Crippen LogP contribution in [0.1, 0.15) is 28.2 Å². The van der Waals surface area contributed by atoms with Gasteiger partial charge in [0.2, 0.25) is 5.91 Å². The number of carbonyl (C=O) groups is 2. The molecule has 1 unspecified atom stereocenters. The lowest BCUT2D eigenvalue weighted by molar-refractivity contribution is -0.130. The van der Waals surface area contributed by atoms with Crippen LogP contribution in [0.15, 0.2) is 30.6 Å². The van der Waals surface area contributed by atoms with Crippen LogP contribution in [-0.4, -0.2) is 51.6 Å². The van der Waals surface area contributed by atoms with Crippen LogP contribution in [0.2, 0.25) is 0 Å². The Kier molecular flexibility index (Phi) is 5.25. The van der Waals surface area contributed by atoms with Crippen molar-refractivity contribution in [3.05, 3.63) is 47.5 Å². The maximum absolute atomic E-state index is 12.5. The number of ether oxygens (including phenoxy) is 1. The number of methoxy groups -OCH3 is 1. The lowest BCUT2D eigenvalue weighted by atomic mass is 9.96. The number of nitrogens with zero attached hydrogens (tertiary/aromatic N) is 3. The smallest absolute Gasteiger partial charge is 0.335 e. The summed E-state index contributed by atoms with van der Waals surface area (Å²) in [6.07, 6.45) is 5.09. The number of carboxylic acid groups (broad SMARTS) is 1. The Morgan fingerprint density at radius 1 is 1.38 bits per heavy atom. The van der Waals surface area contributed by atoms with E-state index in [-0.39, 0.29) is 11.5 Å². The lowest BCUT2D eigenvalue weighted by Crippen LogP contribution is -2.32. The van der Waals surface area contributed by atoms with Gasteiger partial charge in [0.25, 0.3) is 0 Å². The molecule has 0 spiro atoms. The standard InChI is InChI=1S/C19H23N3O4/c1-13-20-6-8-21(13)12-18(23)22-7-5-14(11-22)9-16-10-15(19(24)25)3-4-17(16)26-2/h3-4,6,8,10,14H,5,7,9,11-12H2,1-2H3,(H,24,25). The highest BCUT2D eigenvalue weighted by atomic mass is 16.5. The minimum absolute atomic E-state index is 0.0832. The summed E-state index contributed by atoms with van der Waals surface area (Å²) in [7, 11) is 1.58. The van der Waals surface area contributed by atoms with E-state index in [0.717, 1.165) is 24.4 Å². The minimum Gasteiger partial charge on any atom is -0.496 e. The molecular weight excluding hydrogens is 334 g/mol. The zero-order valence-corrected chi connectivity index (χ0v) is 15.0. The van der Waals surface area contributed by atoms with Crippen molar-refractivity contribution in [2.24, 2.45) is 5.92 Å². The molecule has 0 aliphatic carbocycles. The Hall–Kier alpha value is -2.83. The predicted molar refractivity (Wildman–Crippen MR) is 95.3 cm³/mol. The second kappa shape index (κ2) is 7.59. The van der Waals surface area contributed by atoms with Crippen LogP contribution >= 0.6 is 0 Å². The molecule has 3 rings (SSSR count). The number of benzene rings is 1. The van der Waals surface area contributed by atoms with Crippen molar-refractivity contribution >= 4 is 11.9 Å². The summed E-state index contributed by atoms with van der Waals surface area (Å²) in [6.45, 7) is 3.57. The molecule has 26 heavy (non-hydrogen) atoms. The van der Waals surface area contributed by atoms with Gasteiger partial charge in [0, 0.05) is 25.5 Å². The Morgan fingerprint density at radius 2 is 2.19 bits per heavy atom.